The average Bonchev–Trinajstić information content (AvgIpc) is 3.17. The van der Waals surface area contributed by atoms with Gasteiger partial charge in [0.1, 0.15) is 0 Å². The molecule has 2 fully saturated rings. The molecule has 8 nitrogen and oxygen atoms in total. The van der Waals surface area contributed by atoms with Crippen LogP contribution in [0, 0.1) is 10.1 Å². The van der Waals surface area contributed by atoms with Gasteiger partial charge in [-0.3, -0.25) is 14.7 Å². The quantitative estimate of drug-likeness (QED) is 0.303. The van der Waals surface area contributed by atoms with Crippen molar-refractivity contribution in [2.75, 3.05) is 30.3 Å². The smallest absolute Gasteiger partial charge is 0.310 e. The summed E-state index contributed by atoms with van der Waals surface area (Å²) in [7, 11) is 0. The van der Waals surface area contributed by atoms with E-state index in [-0.39, 0.29) is 5.69 Å². The summed E-state index contributed by atoms with van der Waals surface area (Å²) in [6.07, 6.45) is 4.78. The number of para-hydroxylation sites is 2. The Morgan fingerprint density at radius 3 is 2.73 bits per heavy atom. The fourth-order valence-electron chi connectivity index (χ4n) is 3.17. The van der Waals surface area contributed by atoms with Crippen LogP contribution in [0.2, 0.25) is 0 Å². The Bertz CT molecular complexity index is 786. The van der Waals surface area contributed by atoms with E-state index in [1.807, 2.05) is 0 Å². The number of aromatic nitrogens is 3. The van der Waals surface area contributed by atoms with Crippen LogP contribution in [-0.4, -0.2) is 45.1 Å². The van der Waals surface area contributed by atoms with Crippen molar-refractivity contribution in [3.05, 3.63) is 34.4 Å². The molecule has 1 saturated heterocycles. The largest absolute Gasteiger partial charge is 0.486 e. The summed E-state index contributed by atoms with van der Waals surface area (Å²) >= 11 is 1.60. The number of benzene rings is 1. The van der Waals surface area contributed by atoms with Gasteiger partial charge in [0.05, 0.1) is 11.5 Å². The minimum Gasteiger partial charge on any atom is -0.486 e. The molecule has 0 N–H and O–H groups in total. The first kappa shape index (κ1) is 17.1. The van der Waals surface area contributed by atoms with Crippen molar-refractivity contribution in [1.29, 1.82) is 0 Å². The molecule has 2 heterocycles. The van der Waals surface area contributed by atoms with Gasteiger partial charge in [-0.25, -0.2) is 0 Å². The van der Waals surface area contributed by atoms with Crippen LogP contribution >= 0.6 is 11.8 Å². The Hall–Kier alpha value is -2.29. The number of ether oxygens (including phenoxy) is 1. The summed E-state index contributed by atoms with van der Waals surface area (Å²) < 4.78 is 7.88. The van der Waals surface area contributed by atoms with Gasteiger partial charge in [-0.05, 0) is 31.7 Å². The molecule has 0 amide bonds. The number of thioether (sulfide) groups is 1. The Morgan fingerprint density at radius 2 is 2.00 bits per heavy atom. The third-order valence-corrected chi connectivity index (χ3v) is 5.49. The van der Waals surface area contributed by atoms with Crippen LogP contribution in [0.15, 0.2) is 29.4 Å². The van der Waals surface area contributed by atoms with Crippen molar-refractivity contribution in [1.82, 2.24) is 14.8 Å². The molecule has 0 atom stereocenters. The van der Waals surface area contributed by atoms with Gasteiger partial charge in [0.15, 0.2) is 10.9 Å². The number of nitrogens with zero attached hydrogens (tertiary/aromatic N) is 5. The van der Waals surface area contributed by atoms with Gasteiger partial charge in [0.2, 0.25) is 5.95 Å². The monoisotopic (exact) mass is 375 g/mol. The minimum atomic E-state index is -0.422. The van der Waals surface area contributed by atoms with Crippen molar-refractivity contribution in [3.8, 4) is 5.75 Å². The molecule has 1 aliphatic carbocycles. The fourth-order valence-corrected chi connectivity index (χ4v) is 3.99. The van der Waals surface area contributed by atoms with Crippen molar-refractivity contribution in [2.45, 2.75) is 36.9 Å². The number of nitro benzene ring substituents is 1. The highest BCUT2D eigenvalue weighted by molar-refractivity contribution is 7.99. The van der Waals surface area contributed by atoms with Gasteiger partial charge in [0.25, 0.3) is 0 Å². The Balaban J connectivity index is 1.37. The van der Waals surface area contributed by atoms with Crippen LogP contribution in [0.5, 0.6) is 5.75 Å². The Morgan fingerprint density at radius 1 is 1.23 bits per heavy atom. The number of nitro groups is 1. The molecule has 0 spiro atoms. The second-order valence-electron chi connectivity index (χ2n) is 6.50. The molecule has 1 aromatic heterocycles. The second-order valence-corrected chi connectivity index (χ2v) is 7.56. The van der Waals surface area contributed by atoms with E-state index in [2.05, 4.69) is 19.7 Å². The van der Waals surface area contributed by atoms with E-state index in [4.69, 9.17) is 4.74 Å². The van der Waals surface area contributed by atoms with E-state index in [1.54, 1.807) is 30.0 Å². The van der Waals surface area contributed by atoms with Gasteiger partial charge in [0, 0.05) is 31.0 Å². The summed E-state index contributed by atoms with van der Waals surface area (Å²) in [5.41, 5.74) is -0.00466. The molecule has 4 rings (SSSR count). The lowest BCUT2D eigenvalue weighted by atomic mass is 10.3. The van der Waals surface area contributed by atoms with Gasteiger partial charge in [-0.15, -0.1) is 10.2 Å². The van der Waals surface area contributed by atoms with E-state index >= 15 is 0 Å². The van der Waals surface area contributed by atoms with Crippen LogP contribution < -0.4 is 9.64 Å². The standard InChI is InChI=1S/C17H21N5O3S/c23-22(24)14-5-1-2-6-15(14)25-11-12-26-17-19-18-16(20-9-3-4-10-20)21(17)13-7-8-13/h1-2,5-6,13H,3-4,7-12H2. The first-order valence-electron chi connectivity index (χ1n) is 8.93. The van der Waals surface area contributed by atoms with Gasteiger partial charge in [-0.1, -0.05) is 23.9 Å². The molecule has 0 unspecified atom stereocenters. The van der Waals surface area contributed by atoms with Gasteiger partial charge in [-0.2, -0.15) is 0 Å². The Labute approximate surface area is 155 Å². The molecule has 2 aliphatic rings. The first-order chi connectivity index (χ1) is 12.7. The number of hydrogen-bond acceptors (Lipinski definition) is 7. The van der Waals surface area contributed by atoms with Crippen molar-refractivity contribution in [2.24, 2.45) is 0 Å². The predicted molar refractivity (Wildman–Crippen MR) is 99.1 cm³/mol. The molecule has 0 radical (unpaired) electrons. The third-order valence-electron chi connectivity index (χ3n) is 4.58. The van der Waals surface area contributed by atoms with Crippen LogP contribution in [0.25, 0.3) is 0 Å². The molecule has 1 saturated carbocycles. The lowest BCUT2D eigenvalue weighted by molar-refractivity contribution is -0.385. The summed E-state index contributed by atoms with van der Waals surface area (Å²) in [5.74, 6) is 1.96. The van der Waals surface area contributed by atoms with Crippen LogP contribution in [0.4, 0.5) is 11.6 Å². The number of hydrogen-bond donors (Lipinski definition) is 0. The molecule has 26 heavy (non-hydrogen) atoms. The fraction of sp³-hybridized carbons (Fsp3) is 0.529. The maximum Gasteiger partial charge on any atom is 0.310 e. The molecule has 138 valence electrons. The van der Waals surface area contributed by atoms with Crippen molar-refractivity contribution in [3.63, 3.8) is 0 Å². The van der Waals surface area contributed by atoms with E-state index in [0.717, 1.165) is 24.2 Å². The minimum absolute atomic E-state index is 0.00466. The molecule has 1 aromatic carbocycles. The van der Waals surface area contributed by atoms with E-state index in [0.29, 0.717) is 24.2 Å². The SMILES string of the molecule is O=[N+]([O-])c1ccccc1OCCSc1nnc(N2CCCC2)n1C1CC1. The third kappa shape index (κ3) is 3.62. The topological polar surface area (TPSA) is 86.3 Å². The molecular weight excluding hydrogens is 354 g/mol. The summed E-state index contributed by atoms with van der Waals surface area (Å²) in [6.45, 7) is 2.48. The number of rotatable bonds is 8. The molecular formula is C17H21N5O3S. The summed E-state index contributed by atoms with van der Waals surface area (Å²) in [5, 5.41) is 20.7. The van der Waals surface area contributed by atoms with Crippen molar-refractivity contribution >= 4 is 23.4 Å². The highest BCUT2D eigenvalue weighted by atomic mass is 32.2. The maximum absolute atomic E-state index is 11.0. The normalized spacial score (nSPS) is 16.8. The zero-order chi connectivity index (χ0) is 17.9. The highest BCUT2D eigenvalue weighted by Gasteiger charge is 2.32. The lowest BCUT2D eigenvalue weighted by Crippen LogP contribution is -2.22. The van der Waals surface area contributed by atoms with Gasteiger partial charge < -0.3 is 9.64 Å². The van der Waals surface area contributed by atoms with E-state index in [1.165, 1.54) is 31.7 Å². The highest BCUT2D eigenvalue weighted by Crippen LogP contribution is 2.41. The molecule has 1 aliphatic heterocycles. The zero-order valence-electron chi connectivity index (χ0n) is 14.4. The second kappa shape index (κ2) is 7.53. The Kier molecular flexibility index (Phi) is 4.96. The lowest BCUT2D eigenvalue weighted by Gasteiger charge is -2.17. The number of anilines is 1. The van der Waals surface area contributed by atoms with E-state index in [9.17, 15) is 10.1 Å². The molecule has 2 aromatic rings. The predicted octanol–water partition coefficient (Wildman–Crippen LogP) is 3.29. The van der Waals surface area contributed by atoms with Crippen LogP contribution in [0.1, 0.15) is 31.7 Å². The van der Waals surface area contributed by atoms with Crippen LogP contribution in [0.3, 0.4) is 0 Å². The molecule has 0 bridgehead atoms. The summed E-state index contributed by atoms with van der Waals surface area (Å²) in [6, 6.07) is 6.97. The zero-order valence-corrected chi connectivity index (χ0v) is 15.2. The molecule has 9 heteroatoms. The summed E-state index contributed by atoms with van der Waals surface area (Å²) in [4.78, 5) is 12.9. The van der Waals surface area contributed by atoms with Crippen LogP contribution in [-0.2, 0) is 0 Å². The maximum atomic E-state index is 11.0. The first-order valence-corrected chi connectivity index (χ1v) is 9.91. The average molecular weight is 375 g/mol. The van der Waals surface area contributed by atoms with E-state index < -0.39 is 4.92 Å². The van der Waals surface area contributed by atoms with Gasteiger partial charge >= 0.3 is 5.69 Å². The van der Waals surface area contributed by atoms with Crippen molar-refractivity contribution < 1.29 is 9.66 Å².